The van der Waals surface area contributed by atoms with Crippen molar-refractivity contribution in [1.82, 2.24) is 0 Å². The largest absolute Gasteiger partial charge is 0.376 e. The molecule has 5 aliphatic heterocycles. The molecule has 0 N–H and O–H groups in total. The van der Waals surface area contributed by atoms with E-state index in [9.17, 15) is 0 Å². The molecule has 0 radical (unpaired) electrons. The number of ether oxygens (including phenoxy) is 11. The zero-order chi connectivity index (χ0) is 37.2. The Kier molecular flexibility index (Phi) is 13.9. The summed E-state index contributed by atoms with van der Waals surface area (Å²) in [6.07, 6.45) is -1.47. The van der Waals surface area contributed by atoms with Crippen LogP contribution in [0.3, 0.4) is 0 Å². The highest BCUT2D eigenvalue weighted by Crippen LogP contribution is 2.44. The van der Waals surface area contributed by atoms with Crippen LogP contribution in [0.25, 0.3) is 0 Å². The summed E-state index contributed by atoms with van der Waals surface area (Å²) in [6, 6.07) is 30.0. The maximum Gasteiger partial charge on any atom is 0.188 e. The van der Waals surface area contributed by atoms with Gasteiger partial charge < -0.3 is 52.1 Å². The smallest absolute Gasteiger partial charge is 0.188 e. The van der Waals surface area contributed by atoms with Crippen molar-refractivity contribution < 1.29 is 52.1 Å². The maximum absolute atomic E-state index is 7.11. The van der Waals surface area contributed by atoms with Gasteiger partial charge in [0.2, 0.25) is 0 Å². The molecule has 292 valence electrons. The summed E-state index contributed by atoms with van der Waals surface area (Å²) < 4.78 is 71.8. The zero-order valence-electron chi connectivity index (χ0n) is 31.3. The summed E-state index contributed by atoms with van der Waals surface area (Å²) in [6.45, 7) is 6.43. The lowest BCUT2D eigenvalue weighted by molar-refractivity contribution is -0.378. The predicted octanol–water partition coefficient (Wildman–Crippen LogP) is 6.13. The molecular formula is C43H54O11. The van der Waals surface area contributed by atoms with Crippen molar-refractivity contribution in [2.75, 3.05) is 34.0 Å². The highest BCUT2D eigenvalue weighted by molar-refractivity contribution is 5.16. The Morgan fingerprint density at radius 3 is 1.93 bits per heavy atom. The van der Waals surface area contributed by atoms with E-state index in [0.29, 0.717) is 39.5 Å². The first-order chi connectivity index (χ1) is 26.6. The Balaban J connectivity index is 1.20. The Hall–Kier alpha value is -3.04. The van der Waals surface area contributed by atoms with Gasteiger partial charge in [0.15, 0.2) is 18.9 Å². The second kappa shape index (κ2) is 19.2. The minimum Gasteiger partial charge on any atom is -0.376 e. The van der Waals surface area contributed by atoms with Crippen LogP contribution in [0, 0.1) is 0 Å². The molecule has 5 fully saturated rings. The summed E-state index contributed by atoms with van der Waals surface area (Å²) in [5.41, 5.74) is 2.06. The average Bonchev–Trinajstić information content (AvgIpc) is 3.50. The highest BCUT2D eigenvalue weighted by atomic mass is 16.8. The molecule has 11 heteroatoms. The molecule has 54 heavy (non-hydrogen) atoms. The quantitative estimate of drug-likeness (QED) is 0.149. The van der Waals surface area contributed by atoms with Gasteiger partial charge in [-0.25, -0.2) is 0 Å². The fourth-order valence-corrected chi connectivity index (χ4v) is 7.78. The third-order valence-electron chi connectivity index (χ3n) is 10.6. The minimum atomic E-state index is -0.980. The number of benzene rings is 3. The standard InChI is InChI=1S/C43H54O11/c1-4-43-23-25-48-39(37(44-2)40(43)52-34-22-14-15-24-47-34)42(54-43)53-35-33(29-46-26-30-16-8-5-9-17-30)51-41(45-3)38(50-28-32-20-12-7-13-21-32)36(35)49-27-31-18-10-6-11-19-31/h4-13,16-21,33-42H,1,14-15,22-29H2,2-3H3/t33-,34?,35-,36+,37-,38-,39+,40+,41+,42-,43-/m1/s1. The molecule has 0 amide bonds. The van der Waals surface area contributed by atoms with E-state index < -0.39 is 60.9 Å². The fraction of sp³-hybridized carbons (Fsp3) is 0.535. The van der Waals surface area contributed by atoms with Crippen molar-refractivity contribution in [1.29, 1.82) is 0 Å². The Bertz CT molecular complexity index is 1540. The molecule has 0 saturated carbocycles. The third-order valence-corrected chi connectivity index (χ3v) is 10.6. The van der Waals surface area contributed by atoms with Crippen LogP contribution in [0.5, 0.6) is 0 Å². The molecule has 3 aromatic rings. The summed E-state index contributed by atoms with van der Waals surface area (Å²) >= 11 is 0. The Labute approximate surface area is 318 Å². The van der Waals surface area contributed by atoms with Gasteiger partial charge in [-0.1, -0.05) is 97.1 Å². The van der Waals surface area contributed by atoms with Gasteiger partial charge in [-0.15, -0.1) is 6.58 Å². The summed E-state index contributed by atoms with van der Waals surface area (Å²) in [4.78, 5) is 0. The third kappa shape index (κ3) is 9.31. The predicted molar refractivity (Wildman–Crippen MR) is 198 cm³/mol. The normalized spacial score (nSPS) is 34.0. The van der Waals surface area contributed by atoms with E-state index in [4.69, 9.17) is 52.1 Å². The fourth-order valence-electron chi connectivity index (χ4n) is 7.78. The molecule has 11 atom stereocenters. The Morgan fingerprint density at radius 1 is 0.685 bits per heavy atom. The van der Waals surface area contributed by atoms with Crippen LogP contribution in [0.1, 0.15) is 42.4 Å². The van der Waals surface area contributed by atoms with Crippen LogP contribution in [-0.2, 0) is 71.9 Å². The molecule has 2 bridgehead atoms. The number of rotatable bonds is 17. The average molecular weight is 747 g/mol. The second-order valence-corrected chi connectivity index (χ2v) is 14.2. The van der Waals surface area contributed by atoms with Crippen molar-refractivity contribution in [3.63, 3.8) is 0 Å². The van der Waals surface area contributed by atoms with E-state index in [1.54, 1.807) is 20.3 Å². The molecule has 5 heterocycles. The maximum atomic E-state index is 7.11. The van der Waals surface area contributed by atoms with E-state index >= 15 is 0 Å². The topological polar surface area (TPSA) is 102 Å². The minimum absolute atomic E-state index is 0.180. The van der Waals surface area contributed by atoms with Gasteiger partial charge in [0.1, 0.15) is 48.3 Å². The summed E-state index contributed by atoms with van der Waals surface area (Å²) in [7, 11) is 3.27. The lowest BCUT2D eigenvalue weighted by Gasteiger charge is -2.51. The molecular weight excluding hydrogens is 692 g/mol. The number of hydrogen-bond acceptors (Lipinski definition) is 11. The van der Waals surface area contributed by atoms with E-state index in [-0.39, 0.29) is 12.9 Å². The van der Waals surface area contributed by atoms with Gasteiger partial charge in [-0.2, -0.15) is 0 Å². The molecule has 5 saturated heterocycles. The highest BCUT2D eigenvalue weighted by Gasteiger charge is 2.60. The molecule has 5 aliphatic rings. The van der Waals surface area contributed by atoms with Gasteiger partial charge in [0, 0.05) is 27.2 Å². The van der Waals surface area contributed by atoms with Crippen LogP contribution in [0.15, 0.2) is 104 Å². The first-order valence-electron chi connectivity index (χ1n) is 19.1. The summed E-state index contributed by atoms with van der Waals surface area (Å²) in [5, 5.41) is 0. The molecule has 8 rings (SSSR count). The first-order valence-corrected chi connectivity index (χ1v) is 19.1. The molecule has 11 nitrogen and oxygen atoms in total. The monoisotopic (exact) mass is 746 g/mol. The van der Waals surface area contributed by atoms with Gasteiger partial charge in [0.05, 0.1) is 33.0 Å². The van der Waals surface area contributed by atoms with Crippen molar-refractivity contribution in [3.05, 3.63) is 120 Å². The molecule has 3 aromatic carbocycles. The first kappa shape index (κ1) is 39.2. The second-order valence-electron chi connectivity index (χ2n) is 14.2. The number of fused-ring (bicyclic) bond motifs is 4. The lowest BCUT2D eigenvalue weighted by atomic mass is 9.85. The van der Waals surface area contributed by atoms with Gasteiger partial charge in [-0.05, 0) is 36.0 Å². The van der Waals surface area contributed by atoms with E-state index in [0.717, 1.165) is 36.0 Å². The van der Waals surface area contributed by atoms with Gasteiger partial charge in [-0.3, -0.25) is 0 Å². The van der Waals surface area contributed by atoms with Gasteiger partial charge >= 0.3 is 0 Å². The molecule has 0 aliphatic carbocycles. The molecule has 0 aromatic heterocycles. The van der Waals surface area contributed by atoms with Gasteiger partial charge in [0.25, 0.3) is 0 Å². The van der Waals surface area contributed by atoms with Crippen LogP contribution < -0.4 is 0 Å². The van der Waals surface area contributed by atoms with E-state index in [2.05, 4.69) is 6.58 Å². The summed E-state index contributed by atoms with van der Waals surface area (Å²) in [5.74, 6) is 0. The molecule has 1 unspecified atom stereocenters. The lowest BCUT2D eigenvalue weighted by Crippen LogP contribution is -2.67. The van der Waals surface area contributed by atoms with Crippen molar-refractivity contribution in [3.8, 4) is 0 Å². The van der Waals surface area contributed by atoms with Crippen molar-refractivity contribution in [2.24, 2.45) is 0 Å². The van der Waals surface area contributed by atoms with Crippen molar-refractivity contribution >= 4 is 0 Å². The zero-order valence-corrected chi connectivity index (χ0v) is 31.3. The van der Waals surface area contributed by atoms with E-state index in [1.807, 2.05) is 91.0 Å². The van der Waals surface area contributed by atoms with Crippen LogP contribution in [-0.4, -0.2) is 101 Å². The van der Waals surface area contributed by atoms with Crippen LogP contribution in [0.4, 0.5) is 0 Å². The molecule has 0 spiro atoms. The Morgan fingerprint density at radius 2 is 1.33 bits per heavy atom. The number of hydrogen-bond donors (Lipinski definition) is 0. The van der Waals surface area contributed by atoms with Crippen LogP contribution >= 0.6 is 0 Å². The van der Waals surface area contributed by atoms with Crippen LogP contribution in [0.2, 0.25) is 0 Å². The van der Waals surface area contributed by atoms with E-state index in [1.165, 1.54) is 0 Å². The SMILES string of the molecule is C=C[C@]12CCO[C@H]([C@H](O[C@H]3[C@H](OCc4ccccc4)[C@@H](OCc4ccccc4)[C@@H](OC)O[C@@H]3COCc3ccccc3)O1)[C@@H](OC)[C@@H]2OC1CCCCO1. The number of methoxy groups -OCH3 is 2. The van der Waals surface area contributed by atoms with Crippen molar-refractivity contribution in [2.45, 2.75) is 113 Å².